The van der Waals surface area contributed by atoms with Crippen molar-refractivity contribution in [2.24, 2.45) is 0 Å². The minimum atomic E-state index is -1.11. The van der Waals surface area contributed by atoms with Gasteiger partial charge >= 0.3 is 5.97 Å². The summed E-state index contributed by atoms with van der Waals surface area (Å²) in [6.45, 7) is 0. The lowest BCUT2D eigenvalue weighted by Gasteiger charge is -2.05. The average Bonchev–Trinajstić information content (AvgIpc) is 2.47. The van der Waals surface area contributed by atoms with Crippen molar-refractivity contribution in [2.45, 2.75) is 4.90 Å². The number of aromatic nitrogens is 1. The van der Waals surface area contributed by atoms with Crippen molar-refractivity contribution in [3.8, 4) is 0 Å². The summed E-state index contributed by atoms with van der Waals surface area (Å²) >= 11 is 1.25. The van der Waals surface area contributed by atoms with Crippen LogP contribution in [0.25, 0.3) is 0 Å². The molecule has 0 aliphatic heterocycles. The second-order valence-corrected chi connectivity index (χ2v) is 5.11. The summed E-state index contributed by atoms with van der Waals surface area (Å²) in [6, 6.07) is 7.14. The van der Waals surface area contributed by atoms with Gasteiger partial charge < -0.3 is 10.4 Å². The molecule has 0 saturated heterocycles. The third-order valence-corrected chi connectivity index (χ3v) is 3.46. The molecule has 0 saturated carbocycles. The van der Waals surface area contributed by atoms with Crippen molar-refractivity contribution >= 4 is 29.3 Å². The summed E-state index contributed by atoms with van der Waals surface area (Å²) in [5, 5.41) is 11.4. The first kappa shape index (κ1) is 15.0. The number of rotatable bonds is 5. The highest BCUT2D eigenvalue weighted by Gasteiger charge is 2.07. The van der Waals surface area contributed by atoms with Gasteiger partial charge in [0, 0.05) is 11.1 Å². The Kier molecular flexibility index (Phi) is 4.89. The number of hydrogen-bond acceptors (Lipinski definition) is 4. The highest BCUT2D eigenvalue weighted by Crippen LogP contribution is 2.18. The first-order valence-corrected chi connectivity index (χ1v) is 6.90. The van der Waals surface area contributed by atoms with Crippen LogP contribution in [0.1, 0.15) is 10.4 Å². The fraction of sp³-hybridized carbons (Fsp3) is 0.0714. The van der Waals surface area contributed by atoms with Crippen molar-refractivity contribution in [3.05, 3.63) is 54.1 Å². The Hall–Kier alpha value is -2.41. The van der Waals surface area contributed by atoms with E-state index in [9.17, 15) is 14.0 Å². The lowest BCUT2D eigenvalue weighted by molar-refractivity contribution is -0.113. The molecule has 0 bridgehead atoms. The van der Waals surface area contributed by atoms with Crippen LogP contribution in [0.4, 0.5) is 10.1 Å². The zero-order valence-corrected chi connectivity index (χ0v) is 11.6. The Bertz CT molecular complexity index is 662. The number of amides is 1. The molecule has 1 amide bonds. The molecule has 0 aliphatic carbocycles. The number of pyridine rings is 1. The number of halogens is 1. The monoisotopic (exact) mass is 306 g/mol. The van der Waals surface area contributed by atoms with E-state index in [-0.39, 0.29) is 23.0 Å². The number of carboxylic acids is 1. The van der Waals surface area contributed by atoms with Gasteiger partial charge in [0.15, 0.2) is 0 Å². The third kappa shape index (κ3) is 4.57. The minimum Gasteiger partial charge on any atom is -0.478 e. The minimum absolute atomic E-state index is 0.000937. The number of carbonyl (C=O) groups excluding carboxylic acids is 1. The first-order valence-electron chi connectivity index (χ1n) is 5.91. The molecule has 7 heteroatoms. The molecule has 2 rings (SSSR count). The lowest BCUT2D eigenvalue weighted by Crippen LogP contribution is -2.14. The van der Waals surface area contributed by atoms with Gasteiger partial charge in [-0.25, -0.2) is 9.18 Å². The summed E-state index contributed by atoms with van der Waals surface area (Å²) in [5.41, 5.74) is 0.318. The lowest BCUT2D eigenvalue weighted by atomic mass is 10.2. The Morgan fingerprint density at radius 3 is 2.62 bits per heavy atom. The van der Waals surface area contributed by atoms with E-state index >= 15 is 0 Å². The molecule has 0 atom stereocenters. The van der Waals surface area contributed by atoms with E-state index in [1.165, 1.54) is 42.4 Å². The molecular formula is C14H11FN2O3S. The zero-order chi connectivity index (χ0) is 15.2. The fourth-order valence-electron chi connectivity index (χ4n) is 1.50. The maximum Gasteiger partial charge on any atom is 0.337 e. The van der Waals surface area contributed by atoms with Gasteiger partial charge in [-0.05, 0) is 30.3 Å². The van der Waals surface area contributed by atoms with Crippen LogP contribution in [0.5, 0.6) is 0 Å². The SMILES string of the molecule is O=C(CSc1ccc(F)cc1)Nc1cncc(C(=O)O)c1. The van der Waals surface area contributed by atoms with Gasteiger partial charge in [-0.1, -0.05) is 0 Å². The predicted molar refractivity (Wildman–Crippen MR) is 77.0 cm³/mol. The number of carbonyl (C=O) groups is 2. The normalized spacial score (nSPS) is 10.1. The molecule has 2 aromatic rings. The van der Waals surface area contributed by atoms with E-state index in [0.717, 1.165) is 4.90 Å². The summed E-state index contributed by atoms with van der Waals surface area (Å²) in [6.07, 6.45) is 2.57. The maximum absolute atomic E-state index is 12.7. The number of thioether (sulfide) groups is 1. The van der Waals surface area contributed by atoms with E-state index in [1.54, 1.807) is 12.1 Å². The highest BCUT2D eigenvalue weighted by atomic mass is 32.2. The molecule has 0 fully saturated rings. The molecule has 2 N–H and O–H groups in total. The molecule has 21 heavy (non-hydrogen) atoms. The van der Waals surface area contributed by atoms with E-state index < -0.39 is 5.97 Å². The van der Waals surface area contributed by atoms with Gasteiger partial charge in [-0.15, -0.1) is 11.8 Å². The van der Waals surface area contributed by atoms with Gasteiger partial charge in [0.1, 0.15) is 5.82 Å². The Morgan fingerprint density at radius 1 is 1.24 bits per heavy atom. The topological polar surface area (TPSA) is 79.3 Å². The van der Waals surface area contributed by atoms with Crippen molar-refractivity contribution in [1.82, 2.24) is 4.98 Å². The van der Waals surface area contributed by atoms with Gasteiger partial charge in [-0.3, -0.25) is 9.78 Å². The standard InChI is InChI=1S/C14H11FN2O3S/c15-10-1-3-12(4-2-10)21-8-13(18)17-11-5-9(14(19)20)6-16-7-11/h1-7H,8H2,(H,17,18)(H,19,20). The second kappa shape index (κ2) is 6.85. The maximum atomic E-state index is 12.7. The van der Waals surface area contributed by atoms with Crippen molar-refractivity contribution in [2.75, 3.05) is 11.1 Å². The Labute approximate surface area is 124 Å². The molecule has 1 heterocycles. The van der Waals surface area contributed by atoms with E-state index in [2.05, 4.69) is 10.3 Å². The van der Waals surface area contributed by atoms with Gasteiger partial charge in [-0.2, -0.15) is 0 Å². The smallest absolute Gasteiger partial charge is 0.337 e. The highest BCUT2D eigenvalue weighted by molar-refractivity contribution is 8.00. The number of nitrogens with zero attached hydrogens (tertiary/aromatic N) is 1. The van der Waals surface area contributed by atoms with Gasteiger partial charge in [0.25, 0.3) is 0 Å². The zero-order valence-electron chi connectivity index (χ0n) is 10.7. The van der Waals surface area contributed by atoms with E-state index in [4.69, 9.17) is 5.11 Å². The van der Waals surface area contributed by atoms with Crippen LogP contribution in [-0.2, 0) is 4.79 Å². The number of hydrogen-bond donors (Lipinski definition) is 2. The third-order valence-electron chi connectivity index (χ3n) is 2.45. The molecular weight excluding hydrogens is 295 g/mol. The fourth-order valence-corrected chi connectivity index (χ4v) is 2.20. The summed E-state index contributed by atoms with van der Waals surface area (Å²) < 4.78 is 12.7. The van der Waals surface area contributed by atoms with Crippen molar-refractivity contribution in [1.29, 1.82) is 0 Å². The van der Waals surface area contributed by atoms with E-state index in [1.807, 2.05) is 0 Å². The predicted octanol–water partition coefficient (Wildman–Crippen LogP) is 2.65. The number of aromatic carboxylic acids is 1. The number of nitrogens with one attached hydrogen (secondary N) is 1. The largest absolute Gasteiger partial charge is 0.478 e. The molecule has 0 radical (unpaired) electrons. The molecule has 1 aromatic heterocycles. The van der Waals surface area contributed by atoms with Crippen LogP contribution in [0.15, 0.2) is 47.6 Å². The molecule has 0 unspecified atom stereocenters. The number of benzene rings is 1. The molecule has 108 valence electrons. The van der Waals surface area contributed by atoms with Crippen molar-refractivity contribution in [3.63, 3.8) is 0 Å². The summed E-state index contributed by atoms with van der Waals surface area (Å²) in [7, 11) is 0. The van der Waals surface area contributed by atoms with Crippen LogP contribution in [0.3, 0.4) is 0 Å². The van der Waals surface area contributed by atoms with Crippen LogP contribution in [0.2, 0.25) is 0 Å². The van der Waals surface area contributed by atoms with Crippen LogP contribution in [-0.4, -0.2) is 27.7 Å². The Balaban J connectivity index is 1.91. The first-order chi connectivity index (χ1) is 10.0. The molecule has 5 nitrogen and oxygen atoms in total. The van der Waals surface area contributed by atoms with Crippen LogP contribution >= 0.6 is 11.8 Å². The number of anilines is 1. The van der Waals surface area contributed by atoms with Gasteiger partial charge in [0.2, 0.25) is 5.91 Å². The number of carboxylic acid groups (broad SMARTS) is 1. The van der Waals surface area contributed by atoms with Crippen LogP contribution < -0.4 is 5.32 Å². The van der Waals surface area contributed by atoms with Crippen molar-refractivity contribution < 1.29 is 19.1 Å². The quantitative estimate of drug-likeness (QED) is 0.830. The van der Waals surface area contributed by atoms with Crippen LogP contribution in [0, 0.1) is 5.82 Å². The van der Waals surface area contributed by atoms with E-state index in [0.29, 0.717) is 5.69 Å². The second-order valence-electron chi connectivity index (χ2n) is 4.06. The summed E-state index contributed by atoms with van der Waals surface area (Å²) in [5.74, 6) is -1.61. The average molecular weight is 306 g/mol. The Morgan fingerprint density at radius 2 is 1.95 bits per heavy atom. The molecule has 0 aliphatic rings. The molecule has 0 spiro atoms. The molecule has 1 aromatic carbocycles. The van der Waals surface area contributed by atoms with Gasteiger partial charge in [0.05, 0.1) is 23.2 Å². The summed E-state index contributed by atoms with van der Waals surface area (Å²) in [4.78, 5) is 27.1.